The molecule has 0 heterocycles. The van der Waals surface area contributed by atoms with Crippen molar-refractivity contribution in [2.75, 3.05) is 6.54 Å². The van der Waals surface area contributed by atoms with Crippen molar-refractivity contribution in [3.63, 3.8) is 0 Å². The van der Waals surface area contributed by atoms with Gasteiger partial charge in [0.05, 0.1) is 5.92 Å². The fraction of sp³-hybridized carbons (Fsp3) is 0.889. The second-order valence-electron chi connectivity index (χ2n) is 6.22. The van der Waals surface area contributed by atoms with Crippen LogP contribution in [0.15, 0.2) is 0 Å². The van der Waals surface area contributed by atoms with E-state index < -0.39 is 17.9 Å². The molecule has 0 aromatic rings. The minimum atomic E-state index is -0.504. The Morgan fingerprint density at radius 1 is 0.870 bits per heavy atom. The first-order chi connectivity index (χ1) is 10.6. The van der Waals surface area contributed by atoms with Crippen molar-refractivity contribution in [2.45, 2.75) is 90.9 Å². The zero-order valence-corrected chi connectivity index (χ0v) is 14.6. The first-order valence-corrected chi connectivity index (χ1v) is 9.06. The standard InChI is InChI=1S/C18H35NO3.Na.H/c1-3-4-5-6-7-8-9-10-11-12-13-14-17(20)22-18(21)16(2)15-19;;/h16H,3-15,19H2,1-2H3;;. The quantitative estimate of drug-likeness (QED) is 0.227. The molecule has 5 heteroatoms. The van der Waals surface area contributed by atoms with Crippen molar-refractivity contribution < 1.29 is 14.3 Å². The topological polar surface area (TPSA) is 69.4 Å². The van der Waals surface area contributed by atoms with Crippen LogP contribution < -0.4 is 5.73 Å². The van der Waals surface area contributed by atoms with Crippen LogP contribution in [0, 0.1) is 5.92 Å². The van der Waals surface area contributed by atoms with Crippen molar-refractivity contribution in [3.8, 4) is 0 Å². The Hall–Kier alpha value is 0.1000. The molecule has 0 aliphatic rings. The Morgan fingerprint density at radius 2 is 1.30 bits per heavy atom. The van der Waals surface area contributed by atoms with E-state index in [1.54, 1.807) is 6.92 Å². The third-order valence-electron chi connectivity index (χ3n) is 3.95. The first-order valence-electron chi connectivity index (χ1n) is 9.06. The van der Waals surface area contributed by atoms with Crippen molar-refractivity contribution in [3.05, 3.63) is 0 Å². The number of hydrogen-bond acceptors (Lipinski definition) is 4. The second kappa shape index (κ2) is 18.4. The van der Waals surface area contributed by atoms with E-state index in [9.17, 15) is 9.59 Å². The summed E-state index contributed by atoms with van der Waals surface area (Å²) in [5.41, 5.74) is 5.35. The zero-order valence-electron chi connectivity index (χ0n) is 14.6. The summed E-state index contributed by atoms with van der Waals surface area (Å²) in [6.07, 6.45) is 14.0. The van der Waals surface area contributed by atoms with Crippen LogP contribution in [0.2, 0.25) is 0 Å². The van der Waals surface area contributed by atoms with Crippen molar-refractivity contribution in [1.82, 2.24) is 0 Å². The maximum absolute atomic E-state index is 11.5. The SMILES string of the molecule is CCCCCCCCCCCCCC(=O)OC(=O)C(C)CN.[NaH]. The van der Waals surface area contributed by atoms with E-state index in [0.717, 1.165) is 19.3 Å². The van der Waals surface area contributed by atoms with Gasteiger partial charge in [-0.3, -0.25) is 9.59 Å². The van der Waals surface area contributed by atoms with E-state index in [0.29, 0.717) is 6.42 Å². The molecule has 0 bridgehead atoms. The van der Waals surface area contributed by atoms with Gasteiger partial charge in [0.25, 0.3) is 0 Å². The molecular weight excluding hydrogens is 301 g/mol. The molecule has 0 spiro atoms. The average molecular weight is 337 g/mol. The number of carbonyl (C=O) groups is 2. The molecule has 23 heavy (non-hydrogen) atoms. The summed E-state index contributed by atoms with van der Waals surface area (Å²) in [4.78, 5) is 22.8. The predicted molar refractivity (Wildman–Crippen MR) is 97.5 cm³/mol. The van der Waals surface area contributed by atoms with Crippen LogP contribution in [0.25, 0.3) is 0 Å². The van der Waals surface area contributed by atoms with Crippen LogP contribution >= 0.6 is 0 Å². The summed E-state index contributed by atoms with van der Waals surface area (Å²) in [7, 11) is 0. The molecule has 0 saturated heterocycles. The van der Waals surface area contributed by atoms with E-state index in [2.05, 4.69) is 6.92 Å². The molecule has 0 saturated carbocycles. The Labute approximate surface area is 164 Å². The summed E-state index contributed by atoms with van der Waals surface area (Å²) in [6.45, 7) is 4.12. The number of unbranched alkanes of at least 4 members (excludes halogenated alkanes) is 10. The summed E-state index contributed by atoms with van der Waals surface area (Å²) in [6, 6.07) is 0. The van der Waals surface area contributed by atoms with Gasteiger partial charge in [0.2, 0.25) is 0 Å². The molecule has 132 valence electrons. The monoisotopic (exact) mass is 337 g/mol. The van der Waals surface area contributed by atoms with Gasteiger partial charge in [0, 0.05) is 13.0 Å². The van der Waals surface area contributed by atoms with Crippen LogP contribution in [0.3, 0.4) is 0 Å². The van der Waals surface area contributed by atoms with Gasteiger partial charge in [-0.1, -0.05) is 78.1 Å². The summed E-state index contributed by atoms with van der Waals surface area (Å²) < 4.78 is 4.74. The number of nitrogens with two attached hydrogens (primary N) is 1. The molecule has 0 aliphatic carbocycles. The number of rotatable bonds is 14. The van der Waals surface area contributed by atoms with E-state index in [1.807, 2.05) is 0 Å². The number of hydrogen-bond donors (Lipinski definition) is 1. The Kier molecular flexibility index (Phi) is 20.3. The van der Waals surface area contributed by atoms with Gasteiger partial charge < -0.3 is 10.5 Å². The predicted octanol–water partition coefficient (Wildman–Crippen LogP) is 3.70. The summed E-state index contributed by atoms with van der Waals surface area (Å²) in [5.74, 6) is -1.32. The van der Waals surface area contributed by atoms with E-state index in [1.165, 1.54) is 51.4 Å². The van der Waals surface area contributed by atoms with Gasteiger partial charge in [-0.05, 0) is 6.42 Å². The average Bonchev–Trinajstić information content (AvgIpc) is 2.51. The van der Waals surface area contributed by atoms with E-state index in [4.69, 9.17) is 10.5 Å². The zero-order chi connectivity index (χ0) is 16.6. The van der Waals surface area contributed by atoms with Crippen LogP contribution in [-0.2, 0) is 14.3 Å². The van der Waals surface area contributed by atoms with Gasteiger partial charge in [-0.25, -0.2) is 0 Å². The van der Waals surface area contributed by atoms with Gasteiger partial charge in [0.15, 0.2) is 0 Å². The molecule has 0 aliphatic heterocycles. The number of carbonyl (C=O) groups excluding carboxylic acids is 2. The van der Waals surface area contributed by atoms with Crippen LogP contribution in [0.5, 0.6) is 0 Å². The van der Waals surface area contributed by atoms with Crippen molar-refractivity contribution in [2.24, 2.45) is 11.7 Å². The molecule has 1 atom stereocenters. The minimum absolute atomic E-state index is 0. The molecule has 0 rings (SSSR count). The van der Waals surface area contributed by atoms with Crippen LogP contribution in [0.1, 0.15) is 90.9 Å². The van der Waals surface area contributed by atoms with Gasteiger partial charge in [-0.2, -0.15) is 0 Å². The molecule has 4 nitrogen and oxygen atoms in total. The fourth-order valence-electron chi connectivity index (χ4n) is 2.29. The van der Waals surface area contributed by atoms with Crippen molar-refractivity contribution >= 4 is 41.5 Å². The van der Waals surface area contributed by atoms with E-state index >= 15 is 0 Å². The van der Waals surface area contributed by atoms with Gasteiger partial charge >= 0.3 is 41.5 Å². The molecule has 0 aromatic heterocycles. The molecule has 1 unspecified atom stereocenters. The third-order valence-corrected chi connectivity index (χ3v) is 3.95. The molecule has 0 aromatic carbocycles. The summed E-state index contributed by atoms with van der Waals surface area (Å²) >= 11 is 0. The van der Waals surface area contributed by atoms with Crippen LogP contribution in [0.4, 0.5) is 0 Å². The molecule has 0 amide bonds. The number of esters is 2. The molecular formula is C18H36NNaO3. The third kappa shape index (κ3) is 16.7. The summed E-state index contributed by atoms with van der Waals surface area (Å²) in [5, 5.41) is 0. The van der Waals surface area contributed by atoms with Crippen LogP contribution in [-0.4, -0.2) is 48.0 Å². The van der Waals surface area contributed by atoms with Crippen molar-refractivity contribution in [1.29, 1.82) is 0 Å². The van der Waals surface area contributed by atoms with E-state index in [-0.39, 0.29) is 36.1 Å². The maximum atomic E-state index is 11.5. The molecule has 0 fully saturated rings. The van der Waals surface area contributed by atoms with Gasteiger partial charge in [-0.15, -0.1) is 0 Å². The van der Waals surface area contributed by atoms with Gasteiger partial charge in [0.1, 0.15) is 0 Å². The second-order valence-corrected chi connectivity index (χ2v) is 6.22. The Morgan fingerprint density at radius 3 is 1.74 bits per heavy atom. The Balaban J connectivity index is 0. The molecule has 0 radical (unpaired) electrons. The fourth-order valence-corrected chi connectivity index (χ4v) is 2.29. The molecule has 2 N–H and O–H groups in total. The number of ether oxygens (including phenoxy) is 1. The first kappa shape index (κ1) is 25.3. The Bertz CT molecular complexity index is 298. The normalized spacial score (nSPS) is 11.6.